The van der Waals surface area contributed by atoms with Crippen molar-refractivity contribution in [1.29, 1.82) is 0 Å². The zero-order chi connectivity index (χ0) is 9.97. The second-order valence-corrected chi connectivity index (χ2v) is 3.56. The third-order valence-corrected chi connectivity index (χ3v) is 2.41. The molecule has 0 saturated heterocycles. The van der Waals surface area contributed by atoms with E-state index in [0.717, 1.165) is 4.73 Å². The van der Waals surface area contributed by atoms with Gasteiger partial charge in [0.25, 0.3) is 4.60 Å². The number of hydrogen-bond donors (Lipinski definition) is 0. The normalized spacial score (nSPS) is 10.1. The Morgan fingerprint density at radius 1 is 1.14 bits per heavy atom. The first-order valence-corrected chi connectivity index (χ1v) is 4.88. The average molecular weight is 251 g/mol. The molecule has 70 valence electrons. The molecule has 0 saturated carbocycles. The van der Waals surface area contributed by atoms with Crippen molar-refractivity contribution < 1.29 is 4.73 Å². The van der Waals surface area contributed by atoms with Crippen LogP contribution in [0.25, 0.3) is 11.4 Å². The van der Waals surface area contributed by atoms with Gasteiger partial charge in [-0.25, -0.2) is 4.98 Å². The fourth-order valence-corrected chi connectivity index (χ4v) is 1.52. The van der Waals surface area contributed by atoms with Gasteiger partial charge in [-0.1, -0.05) is 6.07 Å². The second-order valence-electron chi connectivity index (χ2n) is 2.74. The van der Waals surface area contributed by atoms with Crippen molar-refractivity contribution in [2.24, 2.45) is 0 Å². The molecule has 0 spiro atoms. The van der Waals surface area contributed by atoms with E-state index in [1.54, 1.807) is 24.4 Å². The molecular formula is C10H7BrN2O. The SMILES string of the molecule is [O-][n+]1c(Br)cccc1-c1ccccn1. The van der Waals surface area contributed by atoms with Crippen molar-refractivity contribution in [3.8, 4) is 11.4 Å². The molecule has 2 rings (SSSR count). The van der Waals surface area contributed by atoms with Gasteiger partial charge in [0.15, 0.2) is 0 Å². The van der Waals surface area contributed by atoms with Crippen molar-refractivity contribution >= 4 is 15.9 Å². The Kier molecular flexibility index (Phi) is 2.45. The lowest BCUT2D eigenvalue weighted by Crippen LogP contribution is -2.30. The molecule has 4 heteroatoms. The summed E-state index contributed by atoms with van der Waals surface area (Å²) in [6, 6.07) is 10.7. The van der Waals surface area contributed by atoms with E-state index in [0.29, 0.717) is 16.0 Å². The monoisotopic (exact) mass is 250 g/mol. The van der Waals surface area contributed by atoms with Crippen molar-refractivity contribution in [3.05, 3.63) is 52.4 Å². The van der Waals surface area contributed by atoms with Gasteiger partial charge in [-0.2, -0.15) is 4.73 Å². The Bertz CT molecular complexity index is 445. The second kappa shape index (κ2) is 3.75. The molecule has 2 heterocycles. The number of halogens is 1. The fourth-order valence-electron chi connectivity index (χ4n) is 1.17. The number of rotatable bonds is 1. The summed E-state index contributed by atoms with van der Waals surface area (Å²) in [5.41, 5.74) is 1.21. The molecule has 14 heavy (non-hydrogen) atoms. The molecule has 0 aliphatic carbocycles. The molecule has 0 N–H and O–H groups in total. The van der Waals surface area contributed by atoms with Gasteiger partial charge < -0.3 is 5.21 Å². The zero-order valence-corrected chi connectivity index (χ0v) is 8.81. The van der Waals surface area contributed by atoms with Crippen LogP contribution in [0.5, 0.6) is 0 Å². The quantitative estimate of drug-likeness (QED) is 0.442. The van der Waals surface area contributed by atoms with Crippen LogP contribution < -0.4 is 4.73 Å². The fraction of sp³-hybridized carbons (Fsp3) is 0. The first-order valence-electron chi connectivity index (χ1n) is 4.08. The van der Waals surface area contributed by atoms with Crippen LogP contribution in [0.3, 0.4) is 0 Å². The molecule has 0 aromatic carbocycles. The van der Waals surface area contributed by atoms with Crippen LogP contribution in [0, 0.1) is 5.21 Å². The Morgan fingerprint density at radius 2 is 2.00 bits per heavy atom. The highest BCUT2D eigenvalue weighted by Gasteiger charge is 2.11. The third-order valence-electron chi connectivity index (χ3n) is 1.83. The number of hydrogen-bond acceptors (Lipinski definition) is 2. The van der Waals surface area contributed by atoms with E-state index in [9.17, 15) is 5.21 Å². The molecule has 0 fully saturated rings. The summed E-state index contributed by atoms with van der Waals surface area (Å²) in [6.45, 7) is 0. The summed E-state index contributed by atoms with van der Waals surface area (Å²) in [7, 11) is 0. The van der Waals surface area contributed by atoms with Crippen molar-refractivity contribution in [2.45, 2.75) is 0 Å². The first kappa shape index (κ1) is 9.15. The molecule has 0 aliphatic rings. The maximum atomic E-state index is 11.6. The maximum Gasteiger partial charge on any atom is 0.259 e. The van der Waals surface area contributed by atoms with E-state index in [2.05, 4.69) is 20.9 Å². The molecule has 2 aromatic heterocycles. The number of aromatic nitrogens is 2. The molecule has 0 amide bonds. The van der Waals surface area contributed by atoms with E-state index < -0.39 is 0 Å². The topological polar surface area (TPSA) is 39.8 Å². The van der Waals surface area contributed by atoms with Gasteiger partial charge >= 0.3 is 0 Å². The van der Waals surface area contributed by atoms with Crippen LogP contribution >= 0.6 is 15.9 Å². The lowest BCUT2D eigenvalue weighted by atomic mass is 10.2. The lowest BCUT2D eigenvalue weighted by molar-refractivity contribution is -0.605. The van der Waals surface area contributed by atoms with Gasteiger partial charge in [0.2, 0.25) is 5.69 Å². The van der Waals surface area contributed by atoms with Crippen LogP contribution in [-0.2, 0) is 0 Å². The number of pyridine rings is 2. The summed E-state index contributed by atoms with van der Waals surface area (Å²) in [6.07, 6.45) is 1.66. The minimum atomic E-state index is 0.487. The minimum Gasteiger partial charge on any atom is -0.617 e. The van der Waals surface area contributed by atoms with Crippen LogP contribution in [0.1, 0.15) is 0 Å². The molecule has 2 aromatic rings. The first-order chi connectivity index (χ1) is 6.79. The highest BCUT2D eigenvalue weighted by atomic mass is 79.9. The highest BCUT2D eigenvalue weighted by molar-refractivity contribution is 9.10. The molecule has 0 bridgehead atoms. The van der Waals surface area contributed by atoms with Crippen LogP contribution in [-0.4, -0.2) is 4.98 Å². The predicted octanol–water partition coefficient (Wildman–Crippen LogP) is 2.14. The lowest BCUT2D eigenvalue weighted by Gasteiger charge is -2.04. The maximum absolute atomic E-state index is 11.6. The highest BCUT2D eigenvalue weighted by Crippen LogP contribution is 2.13. The number of nitrogens with zero attached hydrogens (tertiary/aromatic N) is 2. The van der Waals surface area contributed by atoms with Gasteiger partial charge in [-0.3, -0.25) is 0 Å². The Hall–Kier alpha value is -1.42. The smallest absolute Gasteiger partial charge is 0.259 e. The van der Waals surface area contributed by atoms with E-state index >= 15 is 0 Å². The summed E-state index contributed by atoms with van der Waals surface area (Å²) in [5.74, 6) is 0. The van der Waals surface area contributed by atoms with E-state index in [1.807, 2.05) is 18.2 Å². The van der Waals surface area contributed by atoms with Gasteiger partial charge in [-0.05, 0) is 18.2 Å². The van der Waals surface area contributed by atoms with Crippen molar-refractivity contribution in [2.75, 3.05) is 0 Å². The van der Waals surface area contributed by atoms with Crippen molar-refractivity contribution in [1.82, 2.24) is 4.98 Å². The van der Waals surface area contributed by atoms with Gasteiger partial charge in [0.1, 0.15) is 5.69 Å². The van der Waals surface area contributed by atoms with E-state index in [-0.39, 0.29) is 0 Å². The molecule has 3 nitrogen and oxygen atoms in total. The molecular weight excluding hydrogens is 244 g/mol. The Morgan fingerprint density at radius 3 is 2.71 bits per heavy atom. The molecule has 0 unspecified atom stereocenters. The molecule has 0 radical (unpaired) electrons. The summed E-state index contributed by atoms with van der Waals surface area (Å²) in [4.78, 5) is 4.11. The standard InChI is InChI=1S/C10H7BrN2O/c11-10-6-3-5-9(13(10)14)8-4-1-2-7-12-8/h1-7H. The Labute approximate surface area is 89.8 Å². The van der Waals surface area contributed by atoms with E-state index in [1.165, 1.54) is 0 Å². The summed E-state index contributed by atoms with van der Waals surface area (Å²) < 4.78 is 1.29. The van der Waals surface area contributed by atoms with Crippen molar-refractivity contribution in [3.63, 3.8) is 0 Å². The Balaban J connectivity index is 2.58. The van der Waals surface area contributed by atoms with E-state index in [4.69, 9.17) is 0 Å². The van der Waals surface area contributed by atoms with Gasteiger partial charge in [0, 0.05) is 34.3 Å². The average Bonchev–Trinajstić information content (AvgIpc) is 2.23. The van der Waals surface area contributed by atoms with Gasteiger partial charge in [0.05, 0.1) is 0 Å². The van der Waals surface area contributed by atoms with Gasteiger partial charge in [-0.15, -0.1) is 0 Å². The predicted molar refractivity (Wildman–Crippen MR) is 56.3 cm³/mol. The molecule has 0 atom stereocenters. The van der Waals surface area contributed by atoms with Crippen LogP contribution in [0.15, 0.2) is 47.2 Å². The molecule has 0 aliphatic heterocycles. The minimum absolute atomic E-state index is 0.487. The summed E-state index contributed by atoms with van der Waals surface area (Å²) >= 11 is 3.17. The third kappa shape index (κ3) is 1.61. The van der Waals surface area contributed by atoms with Crippen LogP contribution in [0.2, 0.25) is 0 Å². The summed E-state index contributed by atoms with van der Waals surface area (Å²) in [5, 5.41) is 11.6. The van der Waals surface area contributed by atoms with Crippen LogP contribution in [0.4, 0.5) is 0 Å². The zero-order valence-electron chi connectivity index (χ0n) is 7.22. The largest absolute Gasteiger partial charge is 0.617 e.